The van der Waals surface area contributed by atoms with Crippen molar-refractivity contribution in [3.63, 3.8) is 0 Å². The Bertz CT molecular complexity index is 499. The van der Waals surface area contributed by atoms with Crippen molar-refractivity contribution < 1.29 is 0 Å². The first-order valence-corrected chi connectivity index (χ1v) is 6.98. The van der Waals surface area contributed by atoms with Crippen molar-refractivity contribution in [2.24, 2.45) is 0 Å². The molecule has 1 heterocycles. The van der Waals surface area contributed by atoms with E-state index in [9.17, 15) is 0 Å². The molecule has 19 heavy (non-hydrogen) atoms. The van der Waals surface area contributed by atoms with Gasteiger partial charge in [0.15, 0.2) is 0 Å². The third-order valence-corrected chi connectivity index (χ3v) is 3.38. The van der Waals surface area contributed by atoms with Gasteiger partial charge in [-0.2, -0.15) is 5.10 Å². The van der Waals surface area contributed by atoms with Crippen molar-refractivity contribution >= 4 is 0 Å². The van der Waals surface area contributed by atoms with E-state index in [0.717, 1.165) is 19.5 Å². The quantitative estimate of drug-likeness (QED) is 0.861. The average molecular weight is 257 g/mol. The summed E-state index contributed by atoms with van der Waals surface area (Å²) in [6.07, 6.45) is 5.08. The van der Waals surface area contributed by atoms with Gasteiger partial charge in [-0.15, -0.1) is 0 Å². The average Bonchev–Trinajstić information content (AvgIpc) is 2.82. The lowest BCUT2D eigenvalue weighted by Gasteiger charge is -2.17. The molecule has 1 atom stereocenters. The zero-order chi connectivity index (χ0) is 13.7. The SMILES string of the molecule is CCC(NCCn1cc(C)cn1)c1ccc(C)cc1. The fourth-order valence-corrected chi connectivity index (χ4v) is 2.24. The fourth-order valence-electron chi connectivity index (χ4n) is 2.24. The maximum Gasteiger partial charge on any atom is 0.0534 e. The Hall–Kier alpha value is -1.61. The molecular weight excluding hydrogens is 234 g/mol. The molecule has 0 fully saturated rings. The molecule has 2 aromatic rings. The van der Waals surface area contributed by atoms with Gasteiger partial charge in [0.2, 0.25) is 0 Å². The van der Waals surface area contributed by atoms with E-state index < -0.39 is 0 Å². The largest absolute Gasteiger partial charge is 0.308 e. The molecule has 3 nitrogen and oxygen atoms in total. The summed E-state index contributed by atoms with van der Waals surface area (Å²) in [7, 11) is 0. The van der Waals surface area contributed by atoms with Crippen LogP contribution in [0.25, 0.3) is 0 Å². The molecular formula is C16H23N3. The van der Waals surface area contributed by atoms with E-state index in [0.29, 0.717) is 6.04 Å². The van der Waals surface area contributed by atoms with Crippen LogP contribution in [0.2, 0.25) is 0 Å². The second kappa shape index (κ2) is 6.53. The second-order valence-electron chi connectivity index (χ2n) is 5.11. The van der Waals surface area contributed by atoms with E-state index in [1.807, 2.05) is 10.9 Å². The topological polar surface area (TPSA) is 29.9 Å². The summed E-state index contributed by atoms with van der Waals surface area (Å²) in [6.45, 7) is 8.26. The molecule has 0 bridgehead atoms. The number of aryl methyl sites for hydroxylation is 2. The molecule has 0 aliphatic carbocycles. The fraction of sp³-hybridized carbons (Fsp3) is 0.438. The van der Waals surface area contributed by atoms with Crippen LogP contribution in [0.3, 0.4) is 0 Å². The lowest BCUT2D eigenvalue weighted by molar-refractivity contribution is 0.476. The molecule has 0 saturated carbocycles. The van der Waals surface area contributed by atoms with Crippen molar-refractivity contribution in [1.82, 2.24) is 15.1 Å². The van der Waals surface area contributed by atoms with Gasteiger partial charge in [-0.25, -0.2) is 0 Å². The van der Waals surface area contributed by atoms with Crippen LogP contribution in [0.4, 0.5) is 0 Å². The van der Waals surface area contributed by atoms with Crippen molar-refractivity contribution in [3.8, 4) is 0 Å². The first-order valence-electron chi connectivity index (χ1n) is 6.98. The molecule has 3 heteroatoms. The third kappa shape index (κ3) is 3.93. The lowest BCUT2D eigenvalue weighted by Crippen LogP contribution is -2.25. The number of nitrogens with zero attached hydrogens (tertiary/aromatic N) is 2. The number of rotatable bonds is 6. The van der Waals surface area contributed by atoms with E-state index in [1.54, 1.807) is 0 Å². The highest BCUT2D eigenvalue weighted by atomic mass is 15.3. The first-order chi connectivity index (χ1) is 9.19. The molecule has 0 saturated heterocycles. The maximum atomic E-state index is 4.30. The van der Waals surface area contributed by atoms with Crippen molar-refractivity contribution in [1.29, 1.82) is 0 Å². The standard InChI is InChI=1S/C16H23N3/c1-4-16(15-7-5-13(2)6-8-15)17-9-10-19-12-14(3)11-18-19/h5-8,11-12,16-17H,4,9-10H2,1-3H3. The van der Waals surface area contributed by atoms with Gasteiger partial charge in [0, 0.05) is 18.8 Å². The molecule has 2 rings (SSSR count). The summed E-state index contributed by atoms with van der Waals surface area (Å²) in [5.74, 6) is 0. The zero-order valence-corrected chi connectivity index (χ0v) is 12.1. The van der Waals surface area contributed by atoms with E-state index in [1.165, 1.54) is 16.7 Å². The van der Waals surface area contributed by atoms with Crippen LogP contribution < -0.4 is 5.32 Å². The van der Waals surface area contributed by atoms with Crippen LogP contribution >= 0.6 is 0 Å². The number of benzene rings is 1. The molecule has 0 aliphatic heterocycles. The Morgan fingerprint density at radius 2 is 1.89 bits per heavy atom. The highest BCUT2D eigenvalue weighted by molar-refractivity contribution is 5.24. The molecule has 1 aromatic carbocycles. The lowest BCUT2D eigenvalue weighted by atomic mass is 10.0. The number of aromatic nitrogens is 2. The highest BCUT2D eigenvalue weighted by Gasteiger charge is 2.07. The monoisotopic (exact) mass is 257 g/mol. The Morgan fingerprint density at radius 1 is 1.16 bits per heavy atom. The van der Waals surface area contributed by atoms with Crippen LogP contribution in [0.1, 0.15) is 36.1 Å². The molecule has 0 radical (unpaired) electrons. The van der Waals surface area contributed by atoms with Crippen LogP contribution in [0, 0.1) is 13.8 Å². The predicted octanol–water partition coefficient (Wildman–Crippen LogP) is 3.24. The minimum atomic E-state index is 0.428. The Balaban J connectivity index is 1.87. The zero-order valence-electron chi connectivity index (χ0n) is 12.1. The van der Waals surface area contributed by atoms with E-state index >= 15 is 0 Å². The number of hydrogen-bond acceptors (Lipinski definition) is 2. The summed E-state index contributed by atoms with van der Waals surface area (Å²) in [4.78, 5) is 0. The molecule has 0 spiro atoms. The molecule has 102 valence electrons. The van der Waals surface area contributed by atoms with Gasteiger partial charge in [-0.05, 0) is 31.4 Å². The van der Waals surface area contributed by atoms with Crippen molar-refractivity contribution in [2.45, 2.75) is 39.8 Å². The predicted molar refractivity (Wildman–Crippen MR) is 79.2 cm³/mol. The van der Waals surface area contributed by atoms with E-state index in [4.69, 9.17) is 0 Å². The van der Waals surface area contributed by atoms with Gasteiger partial charge in [0.05, 0.1) is 12.7 Å². The normalized spacial score (nSPS) is 12.6. The Kier molecular flexibility index (Phi) is 4.74. The van der Waals surface area contributed by atoms with Gasteiger partial charge in [-0.3, -0.25) is 4.68 Å². The Morgan fingerprint density at radius 3 is 2.47 bits per heavy atom. The van der Waals surface area contributed by atoms with Gasteiger partial charge >= 0.3 is 0 Å². The summed E-state index contributed by atoms with van der Waals surface area (Å²) >= 11 is 0. The minimum absolute atomic E-state index is 0.428. The van der Waals surface area contributed by atoms with Crippen LogP contribution in [-0.2, 0) is 6.54 Å². The number of hydrogen-bond donors (Lipinski definition) is 1. The van der Waals surface area contributed by atoms with E-state index in [2.05, 4.69) is 61.6 Å². The van der Waals surface area contributed by atoms with Crippen LogP contribution in [-0.4, -0.2) is 16.3 Å². The summed E-state index contributed by atoms with van der Waals surface area (Å²) in [6, 6.07) is 9.22. The second-order valence-corrected chi connectivity index (χ2v) is 5.11. The van der Waals surface area contributed by atoms with Crippen molar-refractivity contribution in [3.05, 3.63) is 53.3 Å². The third-order valence-electron chi connectivity index (χ3n) is 3.38. The van der Waals surface area contributed by atoms with Gasteiger partial charge in [0.1, 0.15) is 0 Å². The summed E-state index contributed by atoms with van der Waals surface area (Å²) < 4.78 is 1.99. The first kappa shape index (κ1) is 13.8. The Labute approximate surface area is 115 Å². The highest BCUT2D eigenvalue weighted by Crippen LogP contribution is 2.16. The summed E-state index contributed by atoms with van der Waals surface area (Å²) in [5.41, 5.74) is 3.89. The molecule has 0 aliphatic rings. The van der Waals surface area contributed by atoms with E-state index in [-0.39, 0.29) is 0 Å². The molecule has 1 N–H and O–H groups in total. The van der Waals surface area contributed by atoms with Gasteiger partial charge in [-0.1, -0.05) is 36.8 Å². The van der Waals surface area contributed by atoms with Crippen LogP contribution in [0.15, 0.2) is 36.7 Å². The maximum absolute atomic E-state index is 4.30. The number of nitrogens with one attached hydrogen (secondary N) is 1. The molecule has 1 unspecified atom stereocenters. The smallest absolute Gasteiger partial charge is 0.0534 e. The molecule has 0 amide bonds. The van der Waals surface area contributed by atoms with Crippen molar-refractivity contribution in [2.75, 3.05) is 6.54 Å². The summed E-state index contributed by atoms with van der Waals surface area (Å²) in [5, 5.41) is 7.90. The molecule has 1 aromatic heterocycles. The van der Waals surface area contributed by atoms with Crippen LogP contribution in [0.5, 0.6) is 0 Å². The van der Waals surface area contributed by atoms with Gasteiger partial charge in [0.25, 0.3) is 0 Å². The van der Waals surface area contributed by atoms with Gasteiger partial charge < -0.3 is 5.32 Å². The minimum Gasteiger partial charge on any atom is -0.308 e.